The molecule has 2 heterocycles. The molecule has 6 heteroatoms. The summed E-state index contributed by atoms with van der Waals surface area (Å²) in [5.41, 5.74) is 2.07. The van der Waals surface area contributed by atoms with Crippen molar-refractivity contribution in [3.63, 3.8) is 0 Å². The van der Waals surface area contributed by atoms with Crippen LogP contribution in [0, 0.1) is 0 Å². The van der Waals surface area contributed by atoms with Crippen molar-refractivity contribution in [1.82, 2.24) is 9.88 Å². The molecule has 2 N–H and O–H groups in total. The zero-order chi connectivity index (χ0) is 19.8. The highest BCUT2D eigenvalue weighted by molar-refractivity contribution is 6.30. The standard InChI is InChI=1S/C22H29ClN2O3/c23-18-8-9-22-17(14-18)6-2-1-5-12-25(15-19-7-3-4-11-24-19)13-10-20(26)21(27)16-28-22/h3-4,7-9,11,14,20-21,26-27H,1-2,5-6,10,12-13,15-16H2/t20-,21+/m0/s1. The van der Waals surface area contributed by atoms with Crippen molar-refractivity contribution in [2.45, 2.75) is 50.9 Å². The number of pyridine rings is 1. The number of hydrogen-bond donors (Lipinski definition) is 2. The van der Waals surface area contributed by atoms with Crippen molar-refractivity contribution in [2.24, 2.45) is 0 Å². The van der Waals surface area contributed by atoms with Gasteiger partial charge in [-0.05, 0) is 68.1 Å². The number of ether oxygens (including phenoxy) is 1. The van der Waals surface area contributed by atoms with Gasteiger partial charge in [-0.1, -0.05) is 24.1 Å². The fourth-order valence-electron chi connectivity index (χ4n) is 3.50. The SMILES string of the molecule is O[C@@H]1COc2ccc(Cl)cc2CCCCCN(Cc2ccccn2)CC[C@@H]1O. The number of benzene rings is 1. The van der Waals surface area contributed by atoms with Gasteiger partial charge in [0.15, 0.2) is 0 Å². The second-order valence-electron chi connectivity index (χ2n) is 7.39. The molecule has 1 aliphatic heterocycles. The van der Waals surface area contributed by atoms with E-state index in [1.807, 2.05) is 30.3 Å². The normalized spacial score (nSPS) is 22.7. The fourth-order valence-corrected chi connectivity index (χ4v) is 3.69. The van der Waals surface area contributed by atoms with E-state index in [1.165, 1.54) is 0 Å². The highest BCUT2D eigenvalue weighted by Crippen LogP contribution is 2.25. The molecule has 0 radical (unpaired) electrons. The summed E-state index contributed by atoms with van der Waals surface area (Å²) < 4.78 is 5.80. The Hall–Kier alpha value is -1.66. The molecule has 0 unspecified atom stereocenters. The maximum Gasteiger partial charge on any atom is 0.122 e. The first-order valence-electron chi connectivity index (χ1n) is 10.0. The Morgan fingerprint density at radius 3 is 2.79 bits per heavy atom. The van der Waals surface area contributed by atoms with E-state index >= 15 is 0 Å². The number of aliphatic hydroxyl groups excluding tert-OH is 2. The molecule has 0 fully saturated rings. The van der Waals surface area contributed by atoms with Crippen molar-refractivity contribution >= 4 is 11.6 Å². The van der Waals surface area contributed by atoms with E-state index in [9.17, 15) is 10.2 Å². The number of hydrogen-bond acceptors (Lipinski definition) is 5. The van der Waals surface area contributed by atoms with Crippen molar-refractivity contribution in [3.05, 3.63) is 58.9 Å². The summed E-state index contributed by atoms with van der Waals surface area (Å²) in [6.07, 6.45) is 4.66. The summed E-state index contributed by atoms with van der Waals surface area (Å²) in [7, 11) is 0. The molecule has 0 spiro atoms. The number of aryl methyl sites for hydroxylation is 1. The largest absolute Gasteiger partial charge is 0.491 e. The van der Waals surface area contributed by atoms with Crippen LogP contribution in [0.1, 0.15) is 36.9 Å². The third kappa shape index (κ3) is 6.45. The lowest BCUT2D eigenvalue weighted by molar-refractivity contribution is -0.0163. The summed E-state index contributed by atoms with van der Waals surface area (Å²) in [4.78, 5) is 6.71. The molecular weight excluding hydrogens is 376 g/mol. The van der Waals surface area contributed by atoms with Crippen LogP contribution in [0.25, 0.3) is 0 Å². The quantitative estimate of drug-likeness (QED) is 0.802. The van der Waals surface area contributed by atoms with Gasteiger partial charge in [0.1, 0.15) is 18.5 Å². The molecule has 3 rings (SSSR count). The Morgan fingerprint density at radius 2 is 1.96 bits per heavy atom. The van der Waals surface area contributed by atoms with Crippen LogP contribution in [0.5, 0.6) is 5.75 Å². The van der Waals surface area contributed by atoms with Crippen LogP contribution < -0.4 is 4.74 Å². The number of nitrogens with zero attached hydrogens (tertiary/aromatic N) is 2. The van der Waals surface area contributed by atoms with Crippen molar-refractivity contribution in [2.75, 3.05) is 19.7 Å². The van der Waals surface area contributed by atoms with E-state index < -0.39 is 12.2 Å². The molecule has 0 saturated carbocycles. The van der Waals surface area contributed by atoms with E-state index in [1.54, 1.807) is 12.3 Å². The predicted molar refractivity (Wildman–Crippen MR) is 111 cm³/mol. The third-order valence-corrected chi connectivity index (χ3v) is 5.38. The number of aliphatic hydroxyl groups is 2. The number of fused-ring (bicyclic) bond motifs is 1. The maximum atomic E-state index is 10.4. The fraction of sp³-hybridized carbons (Fsp3) is 0.500. The van der Waals surface area contributed by atoms with E-state index in [4.69, 9.17) is 16.3 Å². The molecule has 1 aromatic heterocycles. The van der Waals surface area contributed by atoms with Gasteiger partial charge in [-0.25, -0.2) is 0 Å². The molecule has 0 amide bonds. The molecule has 5 nitrogen and oxygen atoms in total. The van der Waals surface area contributed by atoms with Crippen LogP contribution in [0.2, 0.25) is 5.02 Å². The van der Waals surface area contributed by atoms with Gasteiger partial charge in [0.25, 0.3) is 0 Å². The summed E-state index contributed by atoms with van der Waals surface area (Å²) in [5, 5.41) is 21.4. The smallest absolute Gasteiger partial charge is 0.122 e. The van der Waals surface area contributed by atoms with Crippen molar-refractivity contribution < 1.29 is 14.9 Å². The van der Waals surface area contributed by atoms with Crippen LogP contribution in [0.4, 0.5) is 0 Å². The first kappa shape index (κ1) is 21.1. The summed E-state index contributed by atoms with van der Waals surface area (Å²) in [6.45, 7) is 2.47. The average Bonchev–Trinajstić information content (AvgIpc) is 2.70. The van der Waals surface area contributed by atoms with Crippen LogP contribution in [0.15, 0.2) is 42.6 Å². The minimum Gasteiger partial charge on any atom is -0.491 e. The molecular formula is C22H29ClN2O3. The molecule has 2 aromatic rings. The first-order valence-corrected chi connectivity index (χ1v) is 10.4. The molecule has 1 aromatic carbocycles. The number of aromatic nitrogens is 1. The monoisotopic (exact) mass is 404 g/mol. The minimum absolute atomic E-state index is 0.0655. The zero-order valence-electron chi connectivity index (χ0n) is 16.1. The van der Waals surface area contributed by atoms with Gasteiger partial charge in [0.2, 0.25) is 0 Å². The van der Waals surface area contributed by atoms with Crippen LogP contribution in [0.3, 0.4) is 0 Å². The highest BCUT2D eigenvalue weighted by Gasteiger charge is 2.20. The summed E-state index contributed by atoms with van der Waals surface area (Å²) in [5.74, 6) is 0.740. The van der Waals surface area contributed by atoms with Gasteiger partial charge in [-0.2, -0.15) is 0 Å². The van der Waals surface area contributed by atoms with E-state index in [0.29, 0.717) is 18.0 Å². The second-order valence-corrected chi connectivity index (χ2v) is 7.83. The molecule has 2 atom stereocenters. The van der Waals surface area contributed by atoms with E-state index in [2.05, 4.69) is 9.88 Å². The third-order valence-electron chi connectivity index (χ3n) is 5.15. The number of rotatable bonds is 2. The first-order chi connectivity index (χ1) is 13.6. The van der Waals surface area contributed by atoms with Crippen LogP contribution in [-0.2, 0) is 13.0 Å². The van der Waals surface area contributed by atoms with Gasteiger partial charge in [0.05, 0.1) is 11.8 Å². The van der Waals surface area contributed by atoms with Gasteiger partial charge in [0, 0.05) is 24.3 Å². The topological polar surface area (TPSA) is 65.8 Å². The lowest BCUT2D eigenvalue weighted by Gasteiger charge is -2.26. The minimum atomic E-state index is -0.928. The highest BCUT2D eigenvalue weighted by atomic mass is 35.5. The number of halogens is 1. The Balaban J connectivity index is 1.67. The summed E-state index contributed by atoms with van der Waals surface area (Å²) in [6, 6.07) is 11.5. The predicted octanol–water partition coefficient (Wildman–Crippen LogP) is 3.45. The van der Waals surface area contributed by atoms with Crippen LogP contribution in [-0.4, -0.2) is 52.0 Å². The van der Waals surface area contributed by atoms with E-state index in [0.717, 1.165) is 55.8 Å². The van der Waals surface area contributed by atoms with Gasteiger partial charge < -0.3 is 14.9 Å². The zero-order valence-corrected chi connectivity index (χ0v) is 16.9. The maximum absolute atomic E-state index is 10.4. The molecule has 0 aliphatic carbocycles. The molecule has 1 aliphatic rings. The van der Waals surface area contributed by atoms with E-state index in [-0.39, 0.29) is 6.61 Å². The van der Waals surface area contributed by atoms with Gasteiger partial charge in [-0.3, -0.25) is 9.88 Å². The van der Waals surface area contributed by atoms with Crippen molar-refractivity contribution in [3.8, 4) is 5.75 Å². The second kappa shape index (κ2) is 10.8. The average molecular weight is 405 g/mol. The van der Waals surface area contributed by atoms with Gasteiger partial charge in [-0.15, -0.1) is 0 Å². The van der Waals surface area contributed by atoms with Crippen LogP contribution >= 0.6 is 11.6 Å². The molecule has 28 heavy (non-hydrogen) atoms. The lowest BCUT2D eigenvalue weighted by Crippen LogP contribution is -2.36. The summed E-state index contributed by atoms with van der Waals surface area (Å²) >= 11 is 6.14. The molecule has 0 bridgehead atoms. The lowest BCUT2D eigenvalue weighted by atomic mass is 10.0. The van der Waals surface area contributed by atoms with Gasteiger partial charge >= 0.3 is 0 Å². The Labute approximate surface area is 171 Å². The molecule has 0 saturated heterocycles. The Morgan fingerprint density at radius 1 is 1.07 bits per heavy atom. The Bertz CT molecular complexity index is 729. The molecule has 152 valence electrons. The van der Waals surface area contributed by atoms with Crippen molar-refractivity contribution in [1.29, 1.82) is 0 Å². The Kier molecular flexibility index (Phi) is 8.10.